The summed E-state index contributed by atoms with van der Waals surface area (Å²) in [7, 11) is -4.33. The molecule has 5 N–H and O–H groups in total. The molecule has 3 unspecified atom stereocenters. The summed E-state index contributed by atoms with van der Waals surface area (Å²) < 4.78 is 21.9. The Labute approximate surface area is 250 Å². The molecule has 0 aromatic carbocycles. The van der Waals surface area contributed by atoms with E-state index in [0.717, 1.165) is 64.2 Å². The Balaban J connectivity index is 4.52. The second-order valence-electron chi connectivity index (χ2n) is 10.7. The standard InChI is InChI=1S/C32H61N2O6P/c1-3-5-7-9-11-13-15-16-17-19-21-23-25-31(35)30(29-40-41(37,38)39-28-27-33)34-32(36)26-24-22-20-18-14-12-10-8-6-4-2/h8,10,16-17,23,25,30-31,35H,3-7,9,11-15,18-22,24,26-29,33H2,1-2H3,(H,34,36)(H,37,38)/b10-8-,17-16+,25-23+. The minimum absolute atomic E-state index is 0.0718. The fourth-order valence-electron chi connectivity index (χ4n) is 4.21. The average molecular weight is 601 g/mol. The number of phosphoric ester groups is 1. The smallest absolute Gasteiger partial charge is 0.387 e. The SMILES string of the molecule is CCC/C=C\CCCCCCCC(=O)NC(COP(=O)(O)OCCN)C(O)/C=C/CC/C=C/CCCCCCCC. The molecule has 0 aromatic heterocycles. The van der Waals surface area contributed by atoms with Crippen LogP contribution in [0.4, 0.5) is 0 Å². The number of aliphatic hydroxyl groups is 1. The van der Waals surface area contributed by atoms with Gasteiger partial charge in [-0.3, -0.25) is 13.8 Å². The topological polar surface area (TPSA) is 131 Å². The maximum absolute atomic E-state index is 12.6. The number of aliphatic hydroxyl groups excluding tert-OH is 1. The quantitative estimate of drug-likeness (QED) is 0.0394. The average Bonchev–Trinajstić information content (AvgIpc) is 2.95. The van der Waals surface area contributed by atoms with Gasteiger partial charge >= 0.3 is 7.82 Å². The second-order valence-corrected chi connectivity index (χ2v) is 12.1. The molecule has 0 heterocycles. The third kappa shape index (κ3) is 27.3. The molecular formula is C32H61N2O6P. The van der Waals surface area contributed by atoms with Crippen molar-refractivity contribution in [3.8, 4) is 0 Å². The molecule has 0 aliphatic rings. The van der Waals surface area contributed by atoms with E-state index in [1.54, 1.807) is 6.08 Å². The number of phosphoric acid groups is 1. The second kappa shape index (κ2) is 28.8. The number of unbranched alkanes of at least 4 members (excludes halogenated alkanes) is 13. The van der Waals surface area contributed by atoms with E-state index in [4.69, 9.17) is 14.8 Å². The maximum atomic E-state index is 12.6. The highest BCUT2D eigenvalue weighted by Gasteiger charge is 2.26. The lowest BCUT2D eigenvalue weighted by Crippen LogP contribution is -2.45. The molecule has 240 valence electrons. The molecule has 0 saturated carbocycles. The van der Waals surface area contributed by atoms with Crippen molar-refractivity contribution in [3.63, 3.8) is 0 Å². The number of nitrogens with two attached hydrogens (primary N) is 1. The zero-order chi connectivity index (χ0) is 30.4. The van der Waals surface area contributed by atoms with Crippen molar-refractivity contribution < 1.29 is 28.4 Å². The number of rotatable bonds is 29. The number of nitrogens with one attached hydrogen (secondary N) is 1. The highest BCUT2D eigenvalue weighted by molar-refractivity contribution is 7.47. The van der Waals surface area contributed by atoms with E-state index < -0.39 is 20.0 Å². The van der Waals surface area contributed by atoms with Crippen molar-refractivity contribution in [1.82, 2.24) is 5.32 Å². The molecule has 0 aromatic rings. The number of carbonyl (C=O) groups is 1. The zero-order valence-corrected chi connectivity index (χ0v) is 26.9. The molecule has 0 aliphatic carbocycles. The summed E-state index contributed by atoms with van der Waals surface area (Å²) in [5.41, 5.74) is 5.32. The van der Waals surface area contributed by atoms with Crippen LogP contribution in [0.2, 0.25) is 0 Å². The summed E-state index contributed by atoms with van der Waals surface area (Å²) in [6.07, 6.45) is 30.5. The van der Waals surface area contributed by atoms with E-state index in [0.29, 0.717) is 6.42 Å². The number of hydrogen-bond donors (Lipinski definition) is 4. The van der Waals surface area contributed by atoms with Gasteiger partial charge in [-0.05, 0) is 51.4 Å². The van der Waals surface area contributed by atoms with Crippen LogP contribution in [0.3, 0.4) is 0 Å². The fourth-order valence-corrected chi connectivity index (χ4v) is 4.96. The molecular weight excluding hydrogens is 539 g/mol. The van der Waals surface area contributed by atoms with Crippen molar-refractivity contribution in [2.24, 2.45) is 5.73 Å². The first-order valence-electron chi connectivity index (χ1n) is 16.1. The van der Waals surface area contributed by atoms with E-state index in [1.165, 1.54) is 44.9 Å². The van der Waals surface area contributed by atoms with Crippen molar-refractivity contribution >= 4 is 13.7 Å². The molecule has 8 nitrogen and oxygen atoms in total. The van der Waals surface area contributed by atoms with E-state index in [9.17, 15) is 19.4 Å². The lowest BCUT2D eigenvalue weighted by Gasteiger charge is -2.23. The van der Waals surface area contributed by atoms with Crippen LogP contribution in [0.25, 0.3) is 0 Å². The third-order valence-corrected chi connectivity index (χ3v) is 7.65. The number of allylic oxidation sites excluding steroid dienone is 5. The van der Waals surface area contributed by atoms with Crippen LogP contribution < -0.4 is 11.1 Å². The molecule has 0 bridgehead atoms. The zero-order valence-electron chi connectivity index (χ0n) is 26.0. The van der Waals surface area contributed by atoms with Gasteiger partial charge in [0.25, 0.3) is 0 Å². The molecule has 0 saturated heterocycles. The van der Waals surface area contributed by atoms with Gasteiger partial charge in [-0.25, -0.2) is 4.57 Å². The summed E-state index contributed by atoms with van der Waals surface area (Å²) in [5.74, 6) is -0.221. The van der Waals surface area contributed by atoms with Crippen molar-refractivity contribution in [3.05, 3.63) is 36.5 Å². The summed E-state index contributed by atoms with van der Waals surface area (Å²) >= 11 is 0. The maximum Gasteiger partial charge on any atom is 0.472 e. The van der Waals surface area contributed by atoms with Crippen molar-refractivity contribution in [1.29, 1.82) is 0 Å². The van der Waals surface area contributed by atoms with Gasteiger partial charge in [-0.1, -0.05) is 108 Å². The van der Waals surface area contributed by atoms with Crippen LogP contribution in [-0.2, 0) is 18.4 Å². The van der Waals surface area contributed by atoms with Crippen molar-refractivity contribution in [2.45, 2.75) is 142 Å². The monoisotopic (exact) mass is 600 g/mol. The Morgan fingerprint density at radius 3 is 1.98 bits per heavy atom. The van der Waals surface area contributed by atoms with Crippen LogP contribution in [0.1, 0.15) is 129 Å². The predicted octanol–water partition coefficient (Wildman–Crippen LogP) is 7.65. The summed E-state index contributed by atoms with van der Waals surface area (Å²) in [6, 6.07) is -0.876. The Morgan fingerprint density at radius 2 is 1.34 bits per heavy atom. The minimum Gasteiger partial charge on any atom is -0.387 e. The van der Waals surface area contributed by atoms with E-state index >= 15 is 0 Å². The first-order chi connectivity index (χ1) is 19.9. The van der Waals surface area contributed by atoms with Gasteiger partial charge < -0.3 is 21.1 Å². The van der Waals surface area contributed by atoms with Crippen LogP contribution in [-0.4, -0.2) is 47.8 Å². The molecule has 0 aliphatic heterocycles. The van der Waals surface area contributed by atoms with Gasteiger partial charge in [0.2, 0.25) is 5.91 Å². The van der Waals surface area contributed by atoms with Gasteiger partial charge in [0.15, 0.2) is 0 Å². The number of hydrogen-bond acceptors (Lipinski definition) is 6. The molecule has 0 spiro atoms. The lowest BCUT2D eigenvalue weighted by molar-refractivity contribution is -0.123. The molecule has 0 fully saturated rings. The van der Waals surface area contributed by atoms with E-state index in [-0.39, 0.29) is 25.7 Å². The van der Waals surface area contributed by atoms with Gasteiger partial charge in [0, 0.05) is 13.0 Å². The van der Waals surface area contributed by atoms with Gasteiger partial charge in [-0.2, -0.15) is 0 Å². The van der Waals surface area contributed by atoms with E-state index in [2.05, 4.69) is 43.5 Å². The minimum atomic E-state index is -4.33. The van der Waals surface area contributed by atoms with Gasteiger partial charge in [0.1, 0.15) is 0 Å². The molecule has 41 heavy (non-hydrogen) atoms. The number of carbonyl (C=O) groups excluding carboxylic acids is 1. The van der Waals surface area contributed by atoms with Crippen LogP contribution in [0.15, 0.2) is 36.5 Å². The number of amides is 1. The first kappa shape index (κ1) is 39.7. The summed E-state index contributed by atoms with van der Waals surface area (Å²) in [4.78, 5) is 22.4. The summed E-state index contributed by atoms with van der Waals surface area (Å²) in [6.45, 7) is 3.98. The van der Waals surface area contributed by atoms with Crippen molar-refractivity contribution in [2.75, 3.05) is 19.8 Å². The molecule has 0 radical (unpaired) electrons. The third-order valence-electron chi connectivity index (χ3n) is 6.67. The Morgan fingerprint density at radius 1 is 0.780 bits per heavy atom. The normalized spacial score (nSPS) is 15.1. The predicted molar refractivity (Wildman–Crippen MR) is 171 cm³/mol. The van der Waals surface area contributed by atoms with Gasteiger partial charge in [-0.15, -0.1) is 0 Å². The Hall–Kier alpha value is -1.28. The largest absolute Gasteiger partial charge is 0.472 e. The first-order valence-corrected chi connectivity index (χ1v) is 17.6. The highest BCUT2D eigenvalue weighted by Crippen LogP contribution is 2.43. The molecule has 9 heteroatoms. The molecule has 3 atom stereocenters. The van der Waals surface area contributed by atoms with Crippen LogP contribution in [0, 0.1) is 0 Å². The Kier molecular flexibility index (Phi) is 27.9. The van der Waals surface area contributed by atoms with Gasteiger partial charge in [0.05, 0.1) is 25.4 Å². The van der Waals surface area contributed by atoms with E-state index in [1.807, 2.05) is 6.08 Å². The Bertz CT molecular complexity index is 744. The fraction of sp³-hybridized carbons (Fsp3) is 0.781. The molecule has 1 amide bonds. The molecule has 0 rings (SSSR count). The lowest BCUT2D eigenvalue weighted by atomic mass is 10.1. The van der Waals surface area contributed by atoms with Crippen LogP contribution >= 0.6 is 7.82 Å². The van der Waals surface area contributed by atoms with Crippen LogP contribution in [0.5, 0.6) is 0 Å². The summed E-state index contributed by atoms with van der Waals surface area (Å²) in [5, 5.41) is 13.5. The highest BCUT2D eigenvalue weighted by atomic mass is 31.2.